The molecule has 0 saturated carbocycles. The van der Waals surface area contributed by atoms with E-state index in [2.05, 4.69) is 10.3 Å². The Bertz CT molecular complexity index is 1140. The Balaban J connectivity index is 1.55. The summed E-state index contributed by atoms with van der Waals surface area (Å²) < 4.78 is 8.44. The van der Waals surface area contributed by atoms with E-state index >= 15 is 0 Å². The van der Waals surface area contributed by atoms with Gasteiger partial charge in [0, 0.05) is 0 Å². The van der Waals surface area contributed by atoms with E-state index in [-0.39, 0.29) is 18.0 Å². The normalized spacial score (nSPS) is 11.1. The van der Waals surface area contributed by atoms with Crippen molar-refractivity contribution in [1.82, 2.24) is 8.94 Å². The topological polar surface area (TPSA) is 73.2 Å². The molecular formula is C17H13N3O3S2. The molecule has 8 heteroatoms. The first-order valence-electron chi connectivity index (χ1n) is 7.47. The predicted molar refractivity (Wildman–Crippen MR) is 101 cm³/mol. The quantitative estimate of drug-likeness (QED) is 0.597. The number of anilines is 1. The van der Waals surface area contributed by atoms with Crippen molar-refractivity contribution >= 4 is 54.2 Å². The van der Waals surface area contributed by atoms with Gasteiger partial charge in [0.25, 0.3) is 5.56 Å². The third-order valence-electron chi connectivity index (χ3n) is 3.68. The molecule has 0 saturated heterocycles. The van der Waals surface area contributed by atoms with Crippen molar-refractivity contribution in [2.24, 2.45) is 0 Å². The van der Waals surface area contributed by atoms with Crippen LogP contribution in [0.25, 0.3) is 20.3 Å². The van der Waals surface area contributed by atoms with Crippen molar-refractivity contribution in [2.45, 2.75) is 6.54 Å². The molecule has 2 aromatic heterocycles. The van der Waals surface area contributed by atoms with E-state index in [1.165, 1.54) is 26.8 Å². The average Bonchev–Trinajstić information content (AvgIpc) is 3.15. The number of hydrogen-bond acceptors (Lipinski definition) is 6. The lowest BCUT2D eigenvalue weighted by atomic mass is 10.3. The van der Waals surface area contributed by atoms with Crippen LogP contribution in [0.2, 0.25) is 0 Å². The van der Waals surface area contributed by atoms with Crippen molar-refractivity contribution in [1.29, 1.82) is 0 Å². The largest absolute Gasteiger partial charge is 0.497 e. The highest BCUT2D eigenvalue weighted by Crippen LogP contribution is 2.29. The lowest BCUT2D eigenvalue weighted by Gasteiger charge is -2.00. The van der Waals surface area contributed by atoms with Crippen molar-refractivity contribution in [3.05, 3.63) is 52.8 Å². The molecule has 1 amide bonds. The highest BCUT2D eigenvalue weighted by molar-refractivity contribution is 7.22. The zero-order valence-electron chi connectivity index (χ0n) is 13.2. The number of hydrogen-bond donors (Lipinski definition) is 1. The molecule has 0 spiro atoms. The van der Waals surface area contributed by atoms with Gasteiger partial charge in [-0.15, -0.1) is 0 Å². The summed E-state index contributed by atoms with van der Waals surface area (Å²) in [5.41, 5.74) is 0.643. The van der Waals surface area contributed by atoms with Gasteiger partial charge in [0.2, 0.25) is 5.91 Å². The average molecular weight is 371 g/mol. The van der Waals surface area contributed by atoms with Crippen LogP contribution in [-0.2, 0) is 11.3 Å². The Morgan fingerprint density at radius 1 is 1.24 bits per heavy atom. The number of rotatable bonds is 4. The first-order valence-corrected chi connectivity index (χ1v) is 9.06. The molecule has 0 fully saturated rings. The monoisotopic (exact) mass is 371 g/mol. The van der Waals surface area contributed by atoms with Crippen molar-refractivity contribution in [3.8, 4) is 5.75 Å². The van der Waals surface area contributed by atoms with Crippen LogP contribution in [0.3, 0.4) is 0 Å². The Kier molecular flexibility index (Phi) is 3.98. The van der Waals surface area contributed by atoms with Gasteiger partial charge in [0.15, 0.2) is 5.13 Å². The summed E-state index contributed by atoms with van der Waals surface area (Å²) in [6, 6.07) is 12.9. The fourth-order valence-corrected chi connectivity index (χ4v) is 4.40. The Morgan fingerprint density at radius 3 is 2.88 bits per heavy atom. The highest BCUT2D eigenvalue weighted by atomic mass is 32.1. The van der Waals surface area contributed by atoms with Crippen molar-refractivity contribution in [2.75, 3.05) is 12.4 Å². The zero-order valence-corrected chi connectivity index (χ0v) is 14.8. The molecule has 0 aliphatic rings. The molecule has 0 unspecified atom stereocenters. The SMILES string of the molecule is COc1ccc2nc(NC(=O)Cn3sc4ccccc4c3=O)sc2c1. The van der Waals surface area contributed by atoms with E-state index in [1.54, 1.807) is 13.2 Å². The van der Waals surface area contributed by atoms with Gasteiger partial charge in [0.05, 0.1) is 27.4 Å². The molecule has 25 heavy (non-hydrogen) atoms. The second-order valence-corrected chi connectivity index (χ2v) is 7.42. The molecule has 0 radical (unpaired) electrons. The summed E-state index contributed by atoms with van der Waals surface area (Å²) in [4.78, 5) is 29.0. The van der Waals surface area contributed by atoms with Gasteiger partial charge in [-0.25, -0.2) is 4.98 Å². The van der Waals surface area contributed by atoms with Gasteiger partial charge in [-0.05, 0) is 30.3 Å². The minimum absolute atomic E-state index is 0.0303. The molecule has 4 aromatic rings. The molecule has 2 aromatic carbocycles. The van der Waals surface area contributed by atoms with Gasteiger partial charge >= 0.3 is 0 Å². The number of thiazole rings is 1. The summed E-state index contributed by atoms with van der Waals surface area (Å²) in [5.74, 6) is 0.463. The number of aromatic nitrogens is 2. The minimum atomic E-state index is -0.278. The number of methoxy groups -OCH3 is 1. The van der Waals surface area contributed by atoms with E-state index in [0.717, 1.165) is 20.7 Å². The van der Waals surface area contributed by atoms with Crippen molar-refractivity contribution in [3.63, 3.8) is 0 Å². The summed E-state index contributed by atoms with van der Waals surface area (Å²) in [6.07, 6.45) is 0. The maximum Gasteiger partial charge on any atom is 0.268 e. The van der Waals surface area contributed by atoms with Crippen LogP contribution in [0.1, 0.15) is 0 Å². The van der Waals surface area contributed by atoms with E-state index in [0.29, 0.717) is 10.5 Å². The fourth-order valence-electron chi connectivity index (χ4n) is 2.50. The van der Waals surface area contributed by atoms with E-state index in [4.69, 9.17) is 4.74 Å². The number of nitrogens with one attached hydrogen (secondary N) is 1. The summed E-state index contributed by atoms with van der Waals surface area (Å²) in [5, 5.41) is 3.90. The first kappa shape index (κ1) is 15.8. The van der Waals surface area contributed by atoms with Gasteiger partial charge in [-0.2, -0.15) is 0 Å². The number of amides is 1. The van der Waals surface area contributed by atoms with Crippen LogP contribution in [0, 0.1) is 0 Å². The molecule has 0 aliphatic carbocycles. The molecule has 0 bridgehead atoms. The van der Waals surface area contributed by atoms with E-state index < -0.39 is 0 Å². The van der Waals surface area contributed by atoms with Gasteiger partial charge < -0.3 is 10.1 Å². The second-order valence-electron chi connectivity index (χ2n) is 5.33. The van der Waals surface area contributed by atoms with Crippen LogP contribution < -0.4 is 15.6 Å². The second kappa shape index (κ2) is 6.30. The van der Waals surface area contributed by atoms with Crippen molar-refractivity contribution < 1.29 is 9.53 Å². The smallest absolute Gasteiger partial charge is 0.268 e. The van der Waals surface area contributed by atoms with Gasteiger partial charge in [-0.1, -0.05) is 35.0 Å². The molecule has 0 aliphatic heterocycles. The third kappa shape index (κ3) is 3.01. The minimum Gasteiger partial charge on any atom is -0.497 e. The zero-order chi connectivity index (χ0) is 17.4. The highest BCUT2D eigenvalue weighted by Gasteiger charge is 2.13. The molecule has 0 atom stereocenters. The van der Waals surface area contributed by atoms with Crippen LogP contribution in [-0.4, -0.2) is 22.0 Å². The van der Waals surface area contributed by atoms with Gasteiger partial charge in [-0.3, -0.25) is 13.5 Å². The molecule has 2 heterocycles. The van der Waals surface area contributed by atoms with Crippen LogP contribution in [0.5, 0.6) is 5.75 Å². The first-order chi connectivity index (χ1) is 12.1. The lowest BCUT2D eigenvalue weighted by Crippen LogP contribution is -2.23. The van der Waals surface area contributed by atoms with Gasteiger partial charge in [0.1, 0.15) is 12.3 Å². The maximum atomic E-state index is 12.3. The Labute approximate surface area is 150 Å². The fraction of sp³-hybridized carbons (Fsp3) is 0.118. The van der Waals surface area contributed by atoms with E-state index in [1.807, 2.05) is 36.4 Å². The number of nitrogens with zero attached hydrogens (tertiary/aromatic N) is 2. The molecule has 1 N–H and O–H groups in total. The summed E-state index contributed by atoms with van der Waals surface area (Å²) in [6.45, 7) is -0.0303. The standard InChI is InChI=1S/C17H13N3O3S2/c1-23-10-6-7-12-14(8-10)24-17(18-12)19-15(21)9-20-16(22)11-4-2-3-5-13(11)25-20/h2-8H,9H2,1H3,(H,18,19,21). The summed E-state index contributed by atoms with van der Waals surface area (Å²) in [7, 11) is 1.60. The van der Waals surface area contributed by atoms with E-state index in [9.17, 15) is 9.59 Å². The molecule has 4 rings (SSSR count). The number of benzene rings is 2. The molecular weight excluding hydrogens is 358 g/mol. The number of ether oxygens (including phenoxy) is 1. The van der Waals surface area contributed by atoms with Crippen LogP contribution in [0.4, 0.5) is 5.13 Å². The molecule has 126 valence electrons. The molecule has 6 nitrogen and oxygen atoms in total. The third-order valence-corrected chi connectivity index (χ3v) is 5.68. The number of fused-ring (bicyclic) bond motifs is 2. The van der Waals surface area contributed by atoms with Crippen LogP contribution in [0.15, 0.2) is 47.3 Å². The Morgan fingerprint density at radius 2 is 2.08 bits per heavy atom. The predicted octanol–water partition coefficient (Wildman–Crippen LogP) is 3.32. The van der Waals surface area contributed by atoms with Crippen LogP contribution >= 0.6 is 22.9 Å². The maximum absolute atomic E-state index is 12.3. The number of carbonyl (C=O) groups excluding carboxylic acids is 1. The lowest BCUT2D eigenvalue weighted by molar-refractivity contribution is -0.116. The Hall–Kier alpha value is -2.71. The number of carbonyl (C=O) groups is 1. The summed E-state index contributed by atoms with van der Waals surface area (Å²) >= 11 is 2.65.